The summed E-state index contributed by atoms with van der Waals surface area (Å²) in [6, 6.07) is 6.26. The molecule has 0 fully saturated rings. The Morgan fingerprint density at radius 2 is 1.64 bits per heavy atom. The van der Waals surface area contributed by atoms with Crippen LogP contribution in [0.25, 0.3) is 0 Å². The normalized spacial score (nSPS) is 12.7. The number of carboxylic acids is 2. The molecule has 0 spiro atoms. The van der Waals surface area contributed by atoms with E-state index in [1.807, 2.05) is 13.8 Å². The summed E-state index contributed by atoms with van der Waals surface area (Å²) in [6.07, 6.45) is -0.329. The largest absolute Gasteiger partial charge is 0.484 e. The van der Waals surface area contributed by atoms with Crippen molar-refractivity contribution in [3.05, 3.63) is 30.3 Å². The van der Waals surface area contributed by atoms with E-state index < -0.39 is 35.8 Å². The molecule has 9 nitrogen and oxygen atoms in total. The third-order valence-electron chi connectivity index (χ3n) is 3.73. The first-order valence-electron chi connectivity index (χ1n) is 8.91. The van der Waals surface area contributed by atoms with Gasteiger partial charge in [0.15, 0.2) is 6.61 Å². The first-order chi connectivity index (χ1) is 13.2. The van der Waals surface area contributed by atoms with Gasteiger partial charge in [-0.3, -0.25) is 14.4 Å². The van der Waals surface area contributed by atoms with Crippen LogP contribution >= 0.6 is 0 Å². The maximum atomic E-state index is 12.4. The lowest BCUT2D eigenvalue weighted by molar-refractivity contribution is -0.143. The predicted octanol–water partition coefficient (Wildman–Crippen LogP) is 1.03. The van der Waals surface area contributed by atoms with Crippen molar-refractivity contribution in [2.24, 2.45) is 5.92 Å². The number of carbonyl (C=O) groups excluding carboxylic acids is 2. The lowest BCUT2D eigenvalue weighted by Gasteiger charge is -2.22. The fourth-order valence-corrected chi connectivity index (χ4v) is 2.40. The van der Waals surface area contributed by atoms with E-state index in [4.69, 9.17) is 9.84 Å². The van der Waals surface area contributed by atoms with E-state index in [1.165, 1.54) is 0 Å². The van der Waals surface area contributed by atoms with Gasteiger partial charge in [0.2, 0.25) is 5.91 Å². The maximum Gasteiger partial charge on any atom is 0.326 e. The van der Waals surface area contributed by atoms with Crippen LogP contribution in [0.1, 0.15) is 33.1 Å². The number of benzene rings is 1. The Balaban J connectivity index is 2.71. The van der Waals surface area contributed by atoms with Crippen molar-refractivity contribution in [2.45, 2.75) is 45.2 Å². The molecular formula is C19H26N2O7. The molecule has 1 aromatic carbocycles. The van der Waals surface area contributed by atoms with Crippen LogP contribution < -0.4 is 15.4 Å². The van der Waals surface area contributed by atoms with Crippen molar-refractivity contribution in [1.82, 2.24) is 10.6 Å². The monoisotopic (exact) mass is 394 g/mol. The molecule has 0 aliphatic rings. The number of hydrogen-bond acceptors (Lipinski definition) is 5. The summed E-state index contributed by atoms with van der Waals surface area (Å²) in [4.78, 5) is 46.7. The molecule has 1 rings (SSSR count). The van der Waals surface area contributed by atoms with Gasteiger partial charge in [-0.05, 0) is 30.9 Å². The number of nitrogens with one attached hydrogen (secondary N) is 2. The second-order valence-corrected chi connectivity index (χ2v) is 6.68. The summed E-state index contributed by atoms with van der Waals surface area (Å²) in [5.41, 5.74) is 0. The maximum absolute atomic E-state index is 12.4. The van der Waals surface area contributed by atoms with Gasteiger partial charge in [-0.15, -0.1) is 0 Å². The van der Waals surface area contributed by atoms with Gasteiger partial charge in [0.05, 0.1) is 0 Å². The van der Waals surface area contributed by atoms with Crippen molar-refractivity contribution in [2.75, 3.05) is 6.61 Å². The van der Waals surface area contributed by atoms with Gasteiger partial charge in [-0.25, -0.2) is 4.79 Å². The van der Waals surface area contributed by atoms with Crippen LogP contribution in [0, 0.1) is 5.92 Å². The van der Waals surface area contributed by atoms with Crippen LogP contribution in [0.4, 0.5) is 0 Å². The third-order valence-corrected chi connectivity index (χ3v) is 3.73. The smallest absolute Gasteiger partial charge is 0.326 e. The second kappa shape index (κ2) is 11.6. The summed E-state index contributed by atoms with van der Waals surface area (Å²) in [5.74, 6) is -3.21. The molecule has 9 heteroatoms. The highest BCUT2D eigenvalue weighted by Crippen LogP contribution is 2.09. The van der Waals surface area contributed by atoms with Crippen LogP contribution in [-0.2, 0) is 19.2 Å². The SMILES string of the molecule is CC(C)C[C@H](NC(=O)[C@H](CCC(=O)O)NC(=O)COc1ccccc1)C(=O)O. The summed E-state index contributed by atoms with van der Waals surface area (Å²) < 4.78 is 5.29. The van der Waals surface area contributed by atoms with Crippen LogP contribution in [0.2, 0.25) is 0 Å². The minimum atomic E-state index is -1.20. The highest BCUT2D eigenvalue weighted by Gasteiger charge is 2.27. The molecule has 0 aliphatic heterocycles. The average molecular weight is 394 g/mol. The first kappa shape index (κ1) is 22.9. The molecule has 0 unspecified atom stereocenters. The number of ether oxygens (including phenoxy) is 1. The van der Waals surface area contributed by atoms with Gasteiger partial charge in [0.25, 0.3) is 5.91 Å². The number of rotatable bonds is 12. The standard InChI is InChI=1S/C19H26N2O7/c1-12(2)10-15(19(26)27)21-18(25)14(8-9-17(23)24)20-16(22)11-28-13-6-4-3-5-7-13/h3-7,12,14-15H,8-11H2,1-2H3,(H,20,22)(H,21,25)(H,23,24)(H,26,27)/t14-,15-/m0/s1. The van der Waals surface area contributed by atoms with Gasteiger partial charge in [0.1, 0.15) is 17.8 Å². The zero-order valence-corrected chi connectivity index (χ0v) is 15.9. The van der Waals surface area contributed by atoms with Crippen LogP contribution in [0.15, 0.2) is 30.3 Å². The average Bonchev–Trinajstić information content (AvgIpc) is 2.63. The second-order valence-electron chi connectivity index (χ2n) is 6.68. The molecule has 0 aliphatic carbocycles. The van der Waals surface area contributed by atoms with Crippen molar-refractivity contribution >= 4 is 23.8 Å². The fourth-order valence-electron chi connectivity index (χ4n) is 2.40. The predicted molar refractivity (Wildman–Crippen MR) is 99.8 cm³/mol. The first-order valence-corrected chi connectivity index (χ1v) is 8.91. The van der Waals surface area contributed by atoms with Crippen molar-refractivity contribution in [3.8, 4) is 5.75 Å². The third kappa shape index (κ3) is 9.02. The Labute approximate surface area is 163 Å². The quantitative estimate of drug-likeness (QED) is 0.415. The Morgan fingerprint density at radius 3 is 2.18 bits per heavy atom. The van der Waals surface area contributed by atoms with E-state index in [2.05, 4.69) is 10.6 Å². The molecule has 4 N–H and O–H groups in total. The molecule has 0 saturated heterocycles. The number of carbonyl (C=O) groups is 4. The Bertz CT molecular complexity index is 676. The number of carboxylic acid groups (broad SMARTS) is 2. The van der Waals surface area contributed by atoms with E-state index in [9.17, 15) is 24.3 Å². The summed E-state index contributed by atoms with van der Waals surface area (Å²) in [6.45, 7) is 3.26. The number of para-hydroxylation sites is 1. The summed E-state index contributed by atoms with van der Waals surface area (Å²) in [7, 11) is 0. The molecule has 2 atom stereocenters. The lowest BCUT2D eigenvalue weighted by Crippen LogP contribution is -2.52. The van der Waals surface area contributed by atoms with Crippen molar-refractivity contribution in [3.63, 3.8) is 0 Å². The van der Waals surface area contributed by atoms with Crippen LogP contribution in [-0.4, -0.2) is 52.7 Å². The molecule has 0 aromatic heterocycles. The Kier molecular flexibility index (Phi) is 9.49. The van der Waals surface area contributed by atoms with E-state index >= 15 is 0 Å². The minimum Gasteiger partial charge on any atom is -0.484 e. The van der Waals surface area contributed by atoms with Crippen LogP contribution in [0.3, 0.4) is 0 Å². The Hall–Kier alpha value is -3.10. The Morgan fingerprint density at radius 1 is 1.00 bits per heavy atom. The highest BCUT2D eigenvalue weighted by atomic mass is 16.5. The number of hydrogen-bond donors (Lipinski definition) is 4. The molecule has 2 amide bonds. The highest BCUT2D eigenvalue weighted by molar-refractivity contribution is 5.91. The lowest BCUT2D eigenvalue weighted by atomic mass is 10.0. The molecule has 0 heterocycles. The summed E-state index contributed by atoms with van der Waals surface area (Å²) >= 11 is 0. The van der Waals surface area contributed by atoms with Crippen molar-refractivity contribution in [1.29, 1.82) is 0 Å². The zero-order chi connectivity index (χ0) is 21.1. The van der Waals surface area contributed by atoms with E-state index in [0.29, 0.717) is 5.75 Å². The van der Waals surface area contributed by atoms with Crippen molar-refractivity contribution < 1.29 is 34.1 Å². The van der Waals surface area contributed by atoms with Crippen LogP contribution in [0.5, 0.6) is 5.75 Å². The van der Waals surface area contributed by atoms with Gasteiger partial charge >= 0.3 is 11.9 Å². The molecule has 0 saturated carbocycles. The minimum absolute atomic E-state index is 0.0210. The summed E-state index contributed by atoms with van der Waals surface area (Å²) in [5, 5.41) is 22.9. The fraction of sp³-hybridized carbons (Fsp3) is 0.474. The van der Waals surface area contributed by atoms with E-state index in [1.54, 1.807) is 30.3 Å². The number of amides is 2. The molecule has 0 bridgehead atoms. The molecular weight excluding hydrogens is 368 g/mol. The van der Waals surface area contributed by atoms with E-state index in [-0.39, 0.29) is 31.8 Å². The van der Waals surface area contributed by atoms with Gasteiger partial charge in [-0.1, -0.05) is 32.0 Å². The molecule has 0 radical (unpaired) electrons. The molecule has 28 heavy (non-hydrogen) atoms. The van der Waals surface area contributed by atoms with Gasteiger partial charge in [-0.2, -0.15) is 0 Å². The molecule has 154 valence electrons. The van der Waals surface area contributed by atoms with Gasteiger partial charge in [0, 0.05) is 6.42 Å². The van der Waals surface area contributed by atoms with Gasteiger partial charge < -0.3 is 25.6 Å². The van der Waals surface area contributed by atoms with E-state index in [0.717, 1.165) is 0 Å². The molecule has 1 aromatic rings. The zero-order valence-electron chi connectivity index (χ0n) is 15.9. The number of aliphatic carboxylic acids is 2. The topological polar surface area (TPSA) is 142 Å².